The van der Waals surface area contributed by atoms with Crippen LogP contribution in [0.15, 0.2) is 88.5 Å². The first kappa shape index (κ1) is 17.1. The van der Waals surface area contributed by atoms with Crippen molar-refractivity contribution in [2.75, 3.05) is 0 Å². The van der Waals surface area contributed by atoms with Gasteiger partial charge in [-0.1, -0.05) is 0 Å². The average molecular weight is 449 g/mol. The third-order valence-electron chi connectivity index (χ3n) is 4.92. The minimum absolute atomic E-state index is 0.426. The molecule has 0 bridgehead atoms. The van der Waals surface area contributed by atoms with Crippen molar-refractivity contribution in [2.45, 2.75) is 15.5 Å². The van der Waals surface area contributed by atoms with E-state index in [4.69, 9.17) is 0 Å². The SMILES string of the molecule is [CH3][SnH]([CH3])[C]1=Cc2ccccc2C1P(c1ccccc1)c1ccccc1. The van der Waals surface area contributed by atoms with Crippen LogP contribution in [0, 0.1) is 0 Å². The summed E-state index contributed by atoms with van der Waals surface area (Å²) in [6.07, 6.45) is 2.53. The van der Waals surface area contributed by atoms with Gasteiger partial charge in [-0.25, -0.2) is 0 Å². The molecule has 0 radical (unpaired) electrons. The van der Waals surface area contributed by atoms with Gasteiger partial charge in [0.1, 0.15) is 0 Å². The van der Waals surface area contributed by atoms with E-state index >= 15 is 0 Å². The number of rotatable bonds is 4. The molecule has 1 aliphatic rings. The zero-order valence-corrected chi connectivity index (χ0v) is 19.0. The van der Waals surface area contributed by atoms with E-state index in [2.05, 4.69) is 101 Å². The summed E-state index contributed by atoms with van der Waals surface area (Å²) >= 11 is -1.63. The molecule has 0 aromatic heterocycles. The molecular weight excluding hydrogens is 426 g/mol. The zero-order chi connectivity index (χ0) is 17.2. The van der Waals surface area contributed by atoms with Crippen LogP contribution in [-0.4, -0.2) is 19.8 Å². The first-order chi connectivity index (χ1) is 12.3. The van der Waals surface area contributed by atoms with E-state index in [1.54, 1.807) is 9.15 Å². The Morgan fingerprint density at radius 3 is 1.76 bits per heavy atom. The van der Waals surface area contributed by atoms with Crippen molar-refractivity contribution >= 4 is 44.4 Å². The molecule has 3 aromatic rings. The maximum atomic E-state index is 2.54. The quantitative estimate of drug-likeness (QED) is 0.376. The van der Waals surface area contributed by atoms with E-state index < -0.39 is 27.7 Å². The van der Waals surface area contributed by atoms with Crippen molar-refractivity contribution in [1.29, 1.82) is 0 Å². The summed E-state index contributed by atoms with van der Waals surface area (Å²) < 4.78 is 1.78. The molecule has 0 fully saturated rings. The van der Waals surface area contributed by atoms with E-state index in [9.17, 15) is 0 Å². The Hall–Kier alpha value is -1.37. The summed E-state index contributed by atoms with van der Waals surface area (Å²) in [7, 11) is -0.426. The Morgan fingerprint density at radius 1 is 0.680 bits per heavy atom. The number of benzene rings is 3. The molecule has 1 aliphatic carbocycles. The second-order valence-electron chi connectivity index (χ2n) is 6.87. The van der Waals surface area contributed by atoms with Gasteiger partial charge >= 0.3 is 160 Å². The molecule has 0 amide bonds. The number of hydrogen-bond donors (Lipinski definition) is 0. The molecule has 3 aromatic carbocycles. The van der Waals surface area contributed by atoms with Gasteiger partial charge in [0.25, 0.3) is 0 Å². The van der Waals surface area contributed by atoms with Crippen molar-refractivity contribution in [3.63, 3.8) is 0 Å². The normalized spacial score (nSPS) is 16.2. The fourth-order valence-electron chi connectivity index (χ4n) is 3.72. The molecule has 0 nitrogen and oxygen atoms in total. The van der Waals surface area contributed by atoms with Crippen molar-refractivity contribution in [2.24, 2.45) is 0 Å². The van der Waals surface area contributed by atoms with Crippen LogP contribution in [0.25, 0.3) is 6.08 Å². The van der Waals surface area contributed by atoms with Crippen molar-refractivity contribution in [1.82, 2.24) is 0 Å². The van der Waals surface area contributed by atoms with Crippen LogP contribution in [-0.2, 0) is 0 Å². The number of hydrogen-bond acceptors (Lipinski definition) is 0. The Balaban J connectivity index is 1.91. The van der Waals surface area contributed by atoms with Gasteiger partial charge in [0.05, 0.1) is 0 Å². The molecule has 0 N–H and O–H groups in total. The Morgan fingerprint density at radius 2 is 1.20 bits per heavy atom. The maximum absolute atomic E-state index is 2.54. The molecule has 1 unspecified atom stereocenters. The van der Waals surface area contributed by atoms with Gasteiger partial charge in [0, 0.05) is 0 Å². The van der Waals surface area contributed by atoms with Crippen LogP contribution >= 0.6 is 7.92 Å². The first-order valence-electron chi connectivity index (χ1n) is 8.95. The van der Waals surface area contributed by atoms with Crippen LogP contribution < -0.4 is 10.6 Å². The van der Waals surface area contributed by atoms with Crippen LogP contribution in [0.3, 0.4) is 0 Å². The van der Waals surface area contributed by atoms with Crippen LogP contribution in [0.1, 0.15) is 16.8 Å². The van der Waals surface area contributed by atoms with Crippen LogP contribution in [0.2, 0.25) is 9.88 Å². The van der Waals surface area contributed by atoms with Gasteiger partial charge in [-0.3, -0.25) is 0 Å². The second kappa shape index (κ2) is 7.48. The topological polar surface area (TPSA) is 0 Å². The predicted octanol–water partition coefficient (Wildman–Crippen LogP) is 5.28. The van der Waals surface area contributed by atoms with Gasteiger partial charge in [0.15, 0.2) is 0 Å². The van der Waals surface area contributed by atoms with Gasteiger partial charge in [-0.2, -0.15) is 0 Å². The number of fused-ring (bicyclic) bond motifs is 1. The second-order valence-corrected chi connectivity index (χ2v) is 17.7. The van der Waals surface area contributed by atoms with E-state index in [0.29, 0.717) is 5.66 Å². The summed E-state index contributed by atoms with van der Waals surface area (Å²) in [4.78, 5) is 5.08. The Labute approximate surface area is 159 Å². The molecule has 0 spiro atoms. The summed E-state index contributed by atoms with van der Waals surface area (Å²) in [5.74, 6) is 0. The zero-order valence-electron chi connectivity index (χ0n) is 14.8. The van der Waals surface area contributed by atoms with Gasteiger partial charge < -0.3 is 0 Å². The molecule has 4 rings (SSSR count). The molecule has 0 saturated carbocycles. The summed E-state index contributed by atoms with van der Waals surface area (Å²) in [5, 5.41) is 2.98. The average Bonchev–Trinajstić information content (AvgIpc) is 3.04. The monoisotopic (exact) mass is 450 g/mol. The van der Waals surface area contributed by atoms with E-state index in [0.717, 1.165) is 0 Å². The predicted molar refractivity (Wildman–Crippen MR) is 115 cm³/mol. The summed E-state index contributed by atoms with van der Waals surface area (Å²) in [6.45, 7) is 0. The standard InChI is InChI=1S/C21H16P.2CH3.Sn.H/c1-3-10-18(11-4-1)22(19-12-5-2-6-13-19)21-16-15-17-9-7-8-14-20(17)21;;;;/h1-15,21H;2*1H3;;. The first-order valence-corrected chi connectivity index (χ1v) is 18.6. The molecule has 2 heteroatoms. The molecule has 25 heavy (non-hydrogen) atoms. The fourth-order valence-corrected chi connectivity index (χ4v) is 13.5. The van der Waals surface area contributed by atoms with E-state index in [1.165, 1.54) is 16.2 Å². The van der Waals surface area contributed by atoms with Crippen LogP contribution in [0.5, 0.6) is 0 Å². The summed E-state index contributed by atoms with van der Waals surface area (Å²) in [5.41, 5.74) is 3.56. The molecular formula is C23H23PSn. The molecule has 0 heterocycles. The Bertz CT molecular complexity index is 845. The van der Waals surface area contributed by atoms with Crippen LogP contribution in [0.4, 0.5) is 0 Å². The molecule has 1 atom stereocenters. The molecule has 0 saturated heterocycles. The van der Waals surface area contributed by atoms with E-state index in [-0.39, 0.29) is 0 Å². The summed E-state index contributed by atoms with van der Waals surface area (Å²) in [6, 6.07) is 31.4. The van der Waals surface area contributed by atoms with Gasteiger partial charge in [-0.05, 0) is 0 Å². The molecule has 0 aliphatic heterocycles. The third kappa shape index (κ3) is 3.35. The fraction of sp³-hybridized carbons (Fsp3) is 0.130. The van der Waals surface area contributed by atoms with Gasteiger partial charge in [0.2, 0.25) is 0 Å². The number of allylic oxidation sites excluding steroid dienone is 1. The van der Waals surface area contributed by atoms with Crippen molar-refractivity contribution in [3.05, 3.63) is 99.6 Å². The van der Waals surface area contributed by atoms with E-state index in [1.807, 2.05) is 0 Å². The third-order valence-corrected chi connectivity index (χ3v) is 13.8. The van der Waals surface area contributed by atoms with Crippen molar-refractivity contribution < 1.29 is 0 Å². The molecule has 124 valence electrons. The Kier molecular flexibility index (Phi) is 5.10. The van der Waals surface area contributed by atoms with Crippen molar-refractivity contribution in [3.8, 4) is 0 Å². The van der Waals surface area contributed by atoms with Gasteiger partial charge in [-0.15, -0.1) is 0 Å². The minimum atomic E-state index is -1.63.